The van der Waals surface area contributed by atoms with E-state index in [4.69, 9.17) is 4.74 Å². The van der Waals surface area contributed by atoms with Gasteiger partial charge in [-0.25, -0.2) is 0 Å². The van der Waals surface area contributed by atoms with E-state index in [-0.39, 0.29) is 5.54 Å². The lowest BCUT2D eigenvalue weighted by Crippen LogP contribution is -2.62. The number of ether oxygens (including phenoxy) is 1. The molecule has 4 nitrogen and oxygen atoms in total. The lowest BCUT2D eigenvalue weighted by atomic mass is 9.92. The van der Waals surface area contributed by atoms with Crippen molar-refractivity contribution in [3.05, 3.63) is 23.5 Å². The van der Waals surface area contributed by atoms with E-state index in [2.05, 4.69) is 49.0 Å². The SMILES string of the molecule is COc1cc(C)nc(CN2CC(C(C)C)NCC2(C)C)c1. The summed E-state index contributed by atoms with van der Waals surface area (Å²) < 4.78 is 5.37. The molecule has 0 saturated carbocycles. The molecule has 21 heavy (non-hydrogen) atoms. The molecule has 1 fully saturated rings. The van der Waals surface area contributed by atoms with Crippen LogP contribution in [0.5, 0.6) is 5.75 Å². The first-order valence-corrected chi connectivity index (χ1v) is 7.82. The first-order chi connectivity index (χ1) is 9.81. The van der Waals surface area contributed by atoms with Gasteiger partial charge < -0.3 is 10.1 Å². The first-order valence-electron chi connectivity index (χ1n) is 7.82. The molecule has 0 radical (unpaired) electrons. The van der Waals surface area contributed by atoms with Crippen LogP contribution in [0.15, 0.2) is 12.1 Å². The highest BCUT2D eigenvalue weighted by Gasteiger charge is 2.35. The Morgan fingerprint density at radius 3 is 2.76 bits per heavy atom. The van der Waals surface area contributed by atoms with Crippen molar-refractivity contribution in [1.29, 1.82) is 0 Å². The van der Waals surface area contributed by atoms with Gasteiger partial charge in [0.25, 0.3) is 0 Å². The number of piperazine rings is 1. The Hall–Kier alpha value is -1.13. The molecule has 4 heteroatoms. The van der Waals surface area contributed by atoms with Gasteiger partial charge in [0.15, 0.2) is 0 Å². The Labute approximate surface area is 128 Å². The van der Waals surface area contributed by atoms with Crippen LogP contribution in [-0.2, 0) is 6.54 Å². The smallest absolute Gasteiger partial charge is 0.122 e. The molecule has 0 aliphatic carbocycles. The van der Waals surface area contributed by atoms with E-state index in [9.17, 15) is 0 Å². The Morgan fingerprint density at radius 2 is 2.14 bits per heavy atom. The van der Waals surface area contributed by atoms with E-state index in [1.165, 1.54) is 0 Å². The van der Waals surface area contributed by atoms with E-state index in [0.717, 1.165) is 36.8 Å². The van der Waals surface area contributed by atoms with Gasteiger partial charge in [0.05, 0.1) is 12.8 Å². The number of methoxy groups -OCH3 is 1. The molecule has 118 valence electrons. The summed E-state index contributed by atoms with van der Waals surface area (Å²) in [6.45, 7) is 14.1. The summed E-state index contributed by atoms with van der Waals surface area (Å²) in [6.07, 6.45) is 0. The van der Waals surface area contributed by atoms with E-state index >= 15 is 0 Å². The lowest BCUT2D eigenvalue weighted by molar-refractivity contribution is 0.0463. The highest BCUT2D eigenvalue weighted by molar-refractivity contribution is 5.26. The van der Waals surface area contributed by atoms with Gasteiger partial charge in [0, 0.05) is 49.0 Å². The molecule has 1 aliphatic heterocycles. The van der Waals surface area contributed by atoms with Crippen LogP contribution in [0, 0.1) is 12.8 Å². The maximum Gasteiger partial charge on any atom is 0.122 e. The Balaban J connectivity index is 2.17. The maximum atomic E-state index is 5.37. The summed E-state index contributed by atoms with van der Waals surface area (Å²) in [5, 5.41) is 3.67. The number of nitrogens with zero attached hydrogens (tertiary/aromatic N) is 2. The number of hydrogen-bond acceptors (Lipinski definition) is 4. The minimum Gasteiger partial charge on any atom is -0.497 e. The third-order valence-corrected chi connectivity index (χ3v) is 4.44. The van der Waals surface area contributed by atoms with Crippen molar-refractivity contribution in [1.82, 2.24) is 15.2 Å². The fraction of sp³-hybridized carbons (Fsp3) is 0.706. The van der Waals surface area contributed by atoms with Crippen molar-refractivity contribution in [2.45, 2.75) is 52.7 Å². The van der Waals surface area contributed by atoms with Crippen molar-refractivity contribution in [3.63, 3.8) is 0 Å². The molecular formula is C17H29N3O. The second-order valence-corrected chi connectivity index (χ2v) is 7.06. The minimum atomic E-state index is 0.143. The summed E-state index contributed by atoms with van der Waals surface area (Å²) >= 11 is 0. The third-order valence-electron chi connectivity index (χ3n) is 4.44. The number of pyridine rings is 1. The standard InChI is InChI=1S/C17H29N3O/c1-12(2)16-10-20(17(4,5)11-18-16)9-14-8-15(21-6)7-13(3)19-14/h7-8,12,16,18H,9-11H2,1-6H3. The Morgan fingerprint density at radius 1 is 1.43 bits per heavy atom. The quantitative estimate of drug-likeness (QED) is 0.925. The van der Waals surface area contributed by atoms with Gasteiger partial charge in [-0.1, -0.05) is 13.8 Å². The van der Waals surface area contributed by atoms with Crippen LogP contribution in [0.25, 0.3) is 0 Å². The zero-order chi connectivity index (χ0) is 15.6. The Kier molecular flexibility index (Phi) is 4.89. The van der Waals surface area contributed by atoms with Crippen molar-refractivity contribution < 1.29 is 4.74 Å². The number of rotatable bonds is 4. The predicted octanol–water partition coefficient (Wildman–Crippen LogP) is 2.61. The zero-order valence-corrected chi connectivity index (χ0v) is 14.2. The molecule has 0 amide bonds. The summed E-state index contributed by atoms with van der Waals surface area (Å²) in [5.74, 6) is 1.54. The fourth-order valence-corrected chi connectivity index (χ4v) is 2.86. The third kappa shape index (κ3) is 3.95. The van der Waals surface area contributed by atoms with Crippen LogP contribution in [0.1, 0.15) is 39.1 Å². The topological polar surface area (TPSA) is 37.4 Å². The molecule has 1 aromatic rings. The molecule has 0 bridgehead atoms. The van der Waals surface area contributed by atoms with Crippen LogP contribution >= 0.6 is 0 Å². The van der Waals surface area contributed by atoms with Gasteiger partial charge in [-0.15, -0.1) is 0 Å². The highest BCUT2D eigenvalue weighted by atomic mass is 16.5. The molecular weight excluding hydrogens is 262 g/mol. The van der Waals surface area contributed by atoms with E-state index in [0.29, 0.717) is 12.0 Å². The van der Waals surface area contributed by atoms with Gasteiger partial charge >= 0.3 is 0 Å². The molecule has 2 rings (SSSR count). The first kappa shape index (κ1) is 16.2. The van der Waals surface area contributed by atoms with E-state index in [1.807, 2.05) is 13.0 Å². The normalized spacial score (nSPS) is 22.5. The Bertz CT molecular complexity index is 485. The highest BCUT2D eigenvalue weighted by Crippen LogP contribution is 2.24. The second kappa shape index (κ2) is 6.32. The molecule has 1 saturated heterocycles. The number of nitrogens with one attached hydrogen (secondary N) is 1. The predicted molar refractivity (Wildman–Crippen MR) is 86.6 cm³/mol. The minimum absolute atomic E-state index is 0.143. The lowest BCUT2D eigenvalue weighted by Gasteiger charge is -2.47. The molecule has 1 aromatic heterocycles. The summed E-state index contributed by atoms with van der Waals surface area (Å²) in [7, 11) is 1.71. The van der Waals surface area contributed by atoms with Gasteiger partial charge in [-0.2, -0.15) is 0 Å². The van der Waals surface area contributed by atoms with Crippen molar-refractivity contribution >= 4 is 0 Å². The fourth-order valence-electron chi connectivity index (χ4n) is 2.86. The van der Waals surface area contributed by atoms with Crippen LogP contribution < -0.4 is 10.1 Å². The molecule has 1 unspecified atom stereocenters. The second-order valence-electron chi connectivity index (χ2n) is 7.06. The van der Waals surface area contributed by atoms with Gasteiger partial charge in [0.1, 0.15) is 5.75 Å². The molecule has 0 spiro atoms. The van der Waals surface area contributed by atoms with Gasteiger partial charge in [0.2, 0.25) is 0 Å². The zero-order valence-electron chi connectivity index (χ0n) is 14.2. The van der Waals surface area contributed by atoms with E-state index < -0.39 is 0 Å². The summed E-state index contributed by atoms with van der Waals surface area (Å²) in [6, 6.07) is 4.57. The van der Waals surface area contributed by atoms with Crippen molar-refractivity contribution in [2.24, 2.45) is 5.92 Å². The number of aryl methyl sites for hydroxylation is 1. The monoisotopic (exact) mass is 291 g/mol. The van der Waals surface area contributed by atoms with E-state index in [1.54, 1.807) is 7.11 Å². The molecule has 1 atom stereocenters. The summed E-state index contributed by atoms with van der Waals surface area (Å²) in [5.41, 5.74) is 2.24. The van der Waals surface area contributed by atoms with Gasteiger partial charge in [-0.05, 0) is 26.7 Å². The molecule has 1 aliphatic rings. The largest absolute Gasteiger partial charge is 0.497 e. The van der Waals surface area contributed by atoms with Gasteiger partial charge in [-0.3, -0.25) is 9.88 Å². The van der Waals surface area contributed by atoms with Crippen molar-refractivity contribution in [3.8, 4) is 5.75 Å². The average Bonchev–Trinajstić information content (AvgIpc) is 2.40. The number of aromatic nitrogens is 1. The molecule has 0 aromatic carbocycles. The average molecular weight is 291 g/mol. The summed E-state index contributed by atoms with van der Waals surface area (Å²) in [4.78, 5) is 7.21. The van der Waals surface area contributed by atoms with Crippen LogP contribution in [0.2, 0.25) is 0 Å². The molecule has 2 heterocycles. The van der Waals surface area contributed by atoms with Crippen LogP contribution in [0.3, 0.4) is 0 Å². The number of hydrogen-bond donors (Lipinski definition) is 1. The van der Waals surface area contributed by atoms with Crippen LogP contribution in [0.4, 0.5) is 0 Å². The van der Waals surface area contributed by atoms with Crippen LogP contribution in [-0.4, -0.2) is 41.7 Å². The maximum absolute atomic E-state index is 5.37. The van der Waals surface area contributed by atoms with Crippen molar-refractivity contribution in [2.75, 3.05) is 20.2 Å². The molecule has 1 N–H and O–H groups in total.